The maximum absolute atomic E-state index is 13.4. The van der Waals surface area contributed by atoms with Crippen LogP contribution in [0.25, 0.3) is 11.0 Å². The number of Topliss-reactive ketones (excluding diaryl/α,β-unsaturated/α-hetero) is 1. The van der Waals surface area contributed by atoms with Crippen molar-refractivity contribution in [2.24, 2.45) is 0 Å². The third kappa shape index (κ3) is 4.64. The van der Waals surface area contributed by atoms with Crippen LogP contribution in [0.1, 0.15) is 16.9 Å². The summed E-state index contributed by atoms with van der Waals surface area (Å²) in [6, 6.07) is 12.4. The minimum Gasteiger partial charge on any atom is -0.293 e. The van der Waals surface area contributed by atoms with Gasteiger partial charge in [0.25, 0.3) is 0 Å². The summed E-state index contributed by atoms with van der Waals surface area (Å²) in [7, 11) is -3.40. The summed E-state index contributed by atoms with van der Waals surface area (Å²) in [5.41, 5.74) is 1.42. The van der Waals surface area contributed by atoms with E-state index in [1.165, 1.54) is 24.3 Å². The van der Waals surface area contributed by atoms with E-state index in [4.69, 9.17) is 0 Å². The highest BCUT2D eigenvalue weighted by Gasteiger charge is 2.19. The third-order valence-electron chi connectivity index (χ3n) is 3.60. The molecule has 142 valence electrons. The number of alkyl halides is 2. The van der Waals surface area contributed by atoms with Crippen molar-refractivity contribution in [2.45, 2.75) is 11.7 Å². The number of nitrogens with one attached hydrogen (secondary N) is 1. The van der Waals surface area contributed by atoms with Crippen molar-refractivity contribution >= 4 is 44.3 Å². The first-order valence-electron chi connectivity index (χ1n) is 7.73. The number of hydrogen-bond acceptors (Lipinski definition) is 5. The zero-order valence-corrected chi connectivity index (χ0v) is 15.7. The summed E-state index contributed by atoms with van der Waals surface area (Å²) in [5, 5.41) is 0.0647. The Morgan fingerprint density at radius 1 is 1.19 bits per heavy atom. The molecule has 0 saturated carbocycles. The fraction of sp³-hybridized carbons (Fsp3) is 0.176. The Bertz CT molecular complexity index is 1080. The van der Waals surface area contributed by atoms with Gasteiger partial charge < -0.3 is 0 Å². The van der Waals surface area contributed by atoms with Gasteiger partial charge in [0.1, 0.15) is 0 Å². The number of benzene rings is 2. The number of hydrogen-bond donors (Lipinski definition) is 1. The fourth-order valence-corrected chi connectivity index (χ4v) is 3.94. The van der Waals surface area contributed by atoms with E-state index in [9.17, 15) is 22.0 Å². The lowest BCUT2D eigenvalue weighted by atomic mass is 10.1. The van der Waals surface area contributed by atoms with Gasteiger partial charge in [0, 0.05) is 11.3 Å². The second-order valence-corrected chi connectivity index (χ2v) is 8.39. The van der Waals surface area contributed by atoms with E-state index < -0.39 is 16.6 Å². The van der Waals surface area contributed by atoms with E-state index in [1.807, 2.05) is 0 Å². The molecule has 0 aliphatic rings. The molecule has 10 heteroatoms. The van der Waals surface area contributed by atoms with E-state index >= 15 is 0 Å². The zero-order chi connectivity index (χ0) is 19.6. The van der Waals surface area contributed by atoms with Crippen LogP contribution in [0.15, 0.2) is 53.7 Å². The van der Waals surface area contributed by atoms with Gasteiger partial charge in [-0.2, -0.15) is 8.78 Å². The van der Waals surface area contributed by atoms with Gasteiger partial charge in [-0.1, -0.05) is 23.9 Å². The topological polar surface area (TPSA) is 81.1 Å². The zero-order valence-electron chi connectivity index (χ0n) is 14.1. The van der Waals surface area contributed by atoms with Crippen molar-refractivity contribution in [2.75, 3.05) is 16.7 Å². The van der Waals surface area contributed by atoms with Gasteiger partial charge >= 0.3 is 6.55 Å². The van der Waals surface area contributed by atoms with E-state index in [0.717, 1.165) is 22.6 Å². The number of halogens is 2. The number of fused-ring (bicyclic) bond motifs is 1. The van der Waals surface area contributed by atoms with Crippen LogP contribution in [-0.2, 0) is 10.0 Å². The molecule has 1 aromatic heterocycles. The number of imidazole rings is 1. The second-order valence-electron chi connectivity index (χ2n) is 5.69. The normalized spacial score (nSPS) is 11.9. The number of rotatable bonds is 7. The molecule has 2 aromatic carbocycles. The lowest BCUT2D eigenvalue weighted by Gasteiger charge is -2.07. The number of para-hydroxylation sites is 2. The lowest BCUT2D eigenvalue weighted by Crippen LogP contribution is -2.10. The van der Waals surface area contributed by atoms with Crippen molar-refractivity contribution in [1.29, 1.82) is 0 Å². The van der Waals surface area contributed by atoms with Crippen molar-refractivity contribution in [3.63, 3.8) is 0 Å². The van der Waals surface area contributed by atoms with Gasteiger partial charge in [0.2, 0.25) is 10.0 Å². The molecule has 3 aromatic rings. The van der Waals surface area contributed by atoms with Crippen molar-refractivity contribution in [3.8, 4) is 0 Å². The molecule has 0 saturated heterocycles. The number of carbonyl (C=O) groups excluding carboxylic acids is 1. The lowest BCUT2D eigenvalue weighted by molar-refractivity contribution is 0.0656. The number of sulfonamides is 1. The average molecular weight is 411 g/mol. The van der Waals surface area contributed by atoms with Crippen molar-refractivity contribution < 1.29 is 22.0 Å². The van der Waals surface area contributed by atoms with Crippen LogP contribution in [0.3, 0.4) is 0 Å². The SMILES string of the molecule is CS(=O)(=O)Nc1ccc(C(=O)CSc2nc3ccccc3n2C(F)F)cc1. The van der Waals surface area contributed by atoms with E-state index in [0.29, 0.717) is 22.3 Å². The summed E-state index contributed by atoms with van der Waals surface area (Å²) in [6.07, 6.45) is 1.03. The molecule has 6 nitrogen and oxygen atoms in total. The molecule has 1 N–H and O–H groups in total. The summed E-state index contributed by atoms with van der Waals surface area (Å²) in [6.45, 7) is -2.77. The molecule has 0 atom stereocenters. The Balaban J connectivity index is 1.74. The van der Waals surface area contributed by atoms with Gasteiger partial charge in [-0.25, -0.2) is 13.4 Å². The summed E-state index contributed by atoms with van der Waals surface area (Å²) in [4.78, 5) is 16.5. The van der Waals surface area contributed by atoms with Crippen LogP contribution in [0.4, 0.5) is 14.5 Å². The van der Waals surface area contributed by atoms with Crippen LogP contribution in [0, 0.1) is 0 Å². The maximum atomic E-state index is 13.4. The molecule has 0 radical (unpaired) electrons. The highest BCUT2D eigenvalue weighted by atomic mass is 32.2. The molecule has 0 aliphatic carbocycles. The van der Waals surface area contributed by atoms with E-state index in [2.05, 4.69) is 9.71 Å². The average Bonchev–Trinajstić information content (AvgIpc) is 2.97. The monoisotopic (exact) mass is 411 g/mol. The highest BCUT2D eigenvalue weighted by molar-refractivity contribution is 7.99. The van der Waals surface area contributed by atoms with Gasteiger partial charge in [-0.15, -0.1) is 0 Å². The number of ketones is 1. The van der Waals surface area contributed by atoms with E-state index in [-0.39, 0.29) is 16.7 Å². The summed E-state index contributed by atoms with van der Waals surface area (Å²) in [5.74, 6) is -0.353. The fourth-order valence-electron chi connectivity index (χ4n) is 2.46. The van der Waals surface area contributed by atoms with Crippen molar-refractivity contribution in [3.05, 3.63) is 54.1 Å². The minimum atomic E-state index is -3.40. The molecular formula is C17H15F2N3O3S2. The Morgan fingerprint density at radius 3 is 2.48 bits per heavy atom. The third-order valence-corrected chi connectivity index (χ3v) is 5.16. The molecule has 1 heterocycles. The maximum Gasteiger partial charge on any atom is 0.321 e. The molecule has 27 heavy (non-hydrogen) atoms. The minimum absolute atomic E-state index is 0.0647. The largest absolute Gasteiger partial charge is 0.321 e. The quantitative estimate of drug-likeness (QED) is 0.473. The van der Waals surface area contributed by atoms with Crippen LogP contribution >= 0.6 is 11.8 Å². The number of anilines is 1. The van der Waals surface area contributed by atoms with Crippen molar-refractivity contribution in [1.82, 2.24) is 9.55 Å². The Labute approximate surface area is 158 Å². The van der Waals surface area contributed by atoms with Gasteiger partial charge in [-0.3, -0.25) is 14.1 Å². The molecule has 3 rings (SSSR count). The Hall–Kier alpha value is -2.46. The van der Waals surface area contributed by atoms with Gasteiger partial charge in [0.15, 0.2) is 10.9 Å². The van der Waals surface area contributed by atoms with Gasteiger partial charge in [-0.05, 0) is 36.4 Å². The highest BCUT2D eigenvalue weighted by Crippen LogP contribution is 2.29. The first-order chi connectivity index (χ1) is 12.7. The first-order valence-corrected chi connectivity index (χ1v) is 10.6. The van der Waals surface area contributed by atoms with Crippen LogP contribution in [0.2, 0.25) is 0 Å². The molecule has 0 amide bonds. The Morgan fingerprint density at radius 2 is 1.85 bits per heavy atom. The van der Waals surface area contributed by atoms with Crippen LogP contribution in [0.5, 0.6) is 0 Å². The summed E-state index contributed by atoms with van der Waals surface area (Å²) >= 11 is 0.929. The molecule has 0 aliphatic heterocycles. The first kappa shape index (κ1) is 19.3. The Kier molecular flexibility index (Phi) is 5.47. The standard InChI is InChI=1S/C17H15F2N3O3S2/c1-27(24,25)21-12-8-6-11(7-9-12)15(23)10-26-17-20-13-4-2-3-5-14(13)22(17)16(18)19/h2-9,16,21H,10H2,1H3. The summed E-state index contributed by atoms with van der Waals surface area (Å²) < 4.78 is 52.2. The second kappa shape index (κ2) is 7.65. The van der Waals surface area contributed by atoms with E-state index in [1.54, 1.807) is 24.3 Å². The predicted octanol–water partition coefficient (Wildman–Crippen LogP) is 3.78. The number of aromatic nitrogens is 2. The van der Waals surface area contributed by atoms with Gasteiger partial charge in [0.05, 0.1) is 23.0 Å². The molecular weight excluding hydrogens is 396 g/mol. The molecule has 0 unspecified atom stereocenters. The smallest absolute Gasteiger partial charge is 0.293 e. The molecule has 0 bridgehead atoms. The number of thioether (sulfide) groups is 1. The predicted molar refractivity (Wildman–Crippen MR) is 101 cm³/mol. The van der Waals surface area contributed by atoms with Crippen LogP contribution < -0.4 is 4.72 Å². The number of carbonyl (C=O) groups is 1. The molecule has 0 fully saturated rings. The number of nitrogens with zero attached hydrogens (tertiary/aromatic N) is 2. The molecule has 0 spiro atoms. The van der Waals surface area contributed by atoms with Crippen LogP contribution in [-0.4, -0.2) is 35.8 Å².